The van der Waals surface area contributed by atoms with Gasteiger partial charge < -0.3 is 10.5 Å². The highest BCUT2D eigenvalue weighted by Gasteiger charge is 2.13. The Hall–Kier alpha value is -2.03. The summed E-state index contributed by atoms with van der Waals surface area (Å²) in [6.45, 7) is 8.46. The summed E-state index contributed by atoms with van der Waals surface area (Å²) in [5, 5.41) is 0. The fourth-order valence-electron chi connectivity index (χ4n) is 1.76. The molecule has 0 unspecified atom stereocenters. The average molecular weight is 256 g/mol. The van der Waals surface area contributed by atoms with E-state index in [1.165, 1.54) is 5.56 Å². The molecular formula is C16H20N2O. The van der Waals surface area contributed by atoms with Gasteiger partial charge in [0.1, 0.15) is 5.75 Å². The number of aromatic nitrogens is 1. The lowest BCUT2D eigenvalue weighted by Gasteiger charge is -2.19. The maximum absolute atomic E-state index is 5.85. The first-order valence-electron chi connectivity index (χ1n) is 6.38. The number of ether oxygens (including phenoxy) is 1. The second-order valence-electron chi connectivity index (χ2n) is 5.72. The van der Waals surface area contributed by atoms with Gasteiger partial charge in [-0.1, -0.05) is 32.9 Å². The van der Waals surface area contributed by atoms with Crippen LogP contribution in [0.15, 0.2) is 36.4 Å². The lowest BCUT2D eigenvalue weighted by atomic mass is 9.87. The topological polar surface area (TPSA) is 48.1 Å². The minimum atomic E-state index is 0.138. The summed E-state index contributed by atoms with van der Waals surface area (Å²) in [6, 6.07) is 11.7. The van der Waals surface area contributed by atoms with Gasteiger partial charge in [-0.05, 0) is 42.2 Å². The van der Waals surface area contributed by atoms with Crippen molar-refractivity contribution in [1.82, 2.24) is 4.98 Å². The van der Waals surface area contributed by atoms with Crippen molar-refractivity contribution in [1.29, 1.82) is 0 Å². The summed E-state index contributed by atoms with van der Waals surface area (Å²) in [7, 11) is 0. The molecule has 100 valence electrons. The van der Waals surface area contributed by atoms with Crippen molar-refractivity contribution in [3.05, 3.63) is 47.7 Å². The van der Waals surface area contributed by atoms with Gasteiger partial charge >= 0.3 is 0 Å². The Labute approximate surface area is 114 Å². The molecule has 0 atom stereocenters. The van der Waals surface area contributed by atoms with Gasteiger partial charge in [-0.3, -0.25) is 0 Å². The molecule has 0 amide bonds. The number of hydrogen-bond donors (Lipinski definition) is 1. The number of hydrogen-bond acceptors (Lipinski definition) is 3. The van der Waals surface area contributed by atoms with Crippen LogP contribution in [0.4, 0.5) is 5.69 Å². The van der Waals surface area contributed by atoms with Crippen LogP contribution in [0.2, 0.25) is 0 Å². The van der Waals surface area contributed by atoms with Crippen LogP contribution in [0.3, 0.4) is 0 Å². The van der Waals surface area contributed by atoms with E-state index in [4.69, 9.17) is 10.5 Å². The second-order valence-corrected chi connectivity index (χ2v) is 5.72. The quantitative estimate of drug-likeness (QED) is 0.881. The maximum Gasteiger partial charge on any atom is 0.242 e. The van der Waals surface area contributed by atoms with E-state index in [0.29, 0.717) is 11.6 Å². The number of benzene rings is 1. The predicted molar refractivity (Wildman–Crippen MR) is 78.6 cm³/mol. The molecule has 3 nitrogen and oxygen atoms in total. The van der Waals surface area contributed by atoms with E-state index < -0.39 is 0 Å². The number of nitrogens with zero attached hydrogens (tertiary/aromatic N) is 1. The minimum Gasteiger partial charge on any atom is -0.437 e. The van der Waals surface area contributed by atoms with E-state index in [-0.39, 0.29) is 5.41 Å². The summed E-state index contributed by atoms with van der Waals surface area (Å²) in [4.78, 5) is 4.29. The SMILES string of the molecule is Cc1ccc(N)c(Oc2ccc(C(C)(C)C)cc2)n1. The number of aryl methyl sites for hydroxylation is 1. The second kappa shape index (κ2) is 4.92. The molecule has 1 aromatic heterocycles. The Balaban J connectivity index is 2.22. The lowest BCUT2D eigenvalue weighted by molar-refractivity contribution is 0.463. The summed E-state index contributed by atoms with van der Waals surface area (Å²) in [5.74, 6) is 1.21. The molecular weight excluding hydrogens is 236 g/mol. The molecule has 0 fully saturated rings. The normalized spacial score (nSPS) is 11.4. The van der Waals surface area contributed by atoms with Crippen molar-refractivity contribution < 1.29 is 4.74 Å². The van der Waals surface area contributed by atoms with Crippen LogP contribution in [0.25, 0.3) is 0 Å². The van der Waals surface area contributed by atoms with Gasteiger partial charge in [-0.2, -0.15) is 0 Å². The number of nitrogen functional groups attached to an aromatic ring is 1. The van der Waals surface area contributed by atoms with E-state index >= 15 is 0 Å². The van der Waals surface area contributed by atoms with Gasteiger partial charge in [0.2, 0.25) is 5.88 Å². The van der Waals surface area contributed by atoms with Crippen LogP contribution in [-0.2, 0) is 5.41 Å². The monoisotopic (exact) mass is 256 g/mol. The van der Waals surface area contributed by atoms with Crippen LogP contribution in [0.5, 0.6) is 11.6 Å². The van der Waals surface area contributed by atoms with Gasteiger partial charge in [0.15, 0.2) is 0 Å². The van der Waals surface area contributed by atoms with Crippen LogP contribution in [-0.4, -0.2) is 4.98 Å². The summed E-state index contributed by atoms with van der Waals surface area (Å²) in [5.41, 5.74) is 8.69. The fraction of sp³-hybridized carbons (Fsp3) is 0.312. The van der Waals surface area contributed by atoms with Crippen LogP contribution < -0.4 is 10.5 Å². The molecule has 0 aliphatic heterocycles. The van der Waals surface area contributed by atoms with E-state index in [1.807, 2.05) is 25.1 Å². The Bertz CT molecular complexity index is 568. The molecule has 3 heteroatoms. The number of rotatable bonds is 2. The van der Waals surface area contributed by atoms with E-state index in [9.17, 15) is 0 Å². The Morgan fingerprint density at radius 2 is 1.63 bits per heavy atom. The van der Waals surface area contributed by atoms with Crippen molar-refractivity contribution in [2.75, 3.05) is 5.73 Å². The first-order valence-corrected chi connectivity index (χ1v) is 6.38. The molecule has 0 bridgehead atoms. The third-order valence-corrected chi connectivity index (χ3v) is 2.96. The summed E-state index contributed by atoms with van der Waals surface area (Å²) >= 11 is 0. The highest BCUT2D eigenvalue weighted by molar-refractivity contribution is 5.50. The molecule has 1 heterocycles. The number of nitrogens with two attached hydrogens (primary N) is 1. The Morgan fingerprint density at radius 1 is 1.00 bits per heavy atom. The molecule has 0 spiro atoms. The highest BCUT2D eigenvalue weighted by atomic mass is 16.5. The van der Waals surface area contributed by atoms with Gasteiger partial charge in [-0.25, -0.2) is 4.98 Å². The highest BCUT2D eigenvalue weighted by Crippen LogP contribution is 2.28. The fourth-order valence-corrected chi connectivity index (χ4v) is 1.76. The molecule has 0 saturated carbocycles. The zero-order valence-electron chi connectivity index (χ0n) is 11.9. The van der Waals surface area contributed by atoms with E-state index in [1.54, 1.807) is 6.07 Å². The number of anilines is 1. The van der Waals surface area contributed by atoms with Gasteiger partial charge in [-0.15, -0.1) is 0 Å². The molecule has 0 radical (unpaired) electrons. The van der Waals surface area contributed by atoms with Crippen LogP contribution >= 0.6 is 0 Å². The molecule has 19 heavy (non-hydrogen) atoms. The molecule has 2 N–H and O–H groups in total. The first-order chi connectivity index (χ1) is 8.86. The summed E-state index contributed by atoms with van der Waals surface area (Å²) < 4.78 is 5.72. The minimum absolute atomic E-state index is 0.138. The van der Waals surface area contributed by atoms with Crippen LogP contribution in [0, 0.1) is 6.92 Å². The van der Waals surface area contributed by atoms with E-state index in [2.05, 4.69) is 37.9 Å². The predicted octanol–water partition coefficient (Wildman–Crippen LogP) is 4.06. The van der Waals surface area contributed by atoms with E-state index in [0.717, 1.165) is 11.4 Å². The lowest BCUT2D eigenvalue weighted by Crippen LogP contribution is -2.10. The van der Waals surface area contributed by atoms with Crippen molar-refractivity contribution >= 4 is 5.69 Å². The molecule has 0 saturated heterocycles. The zero-order chi connectivity index (χ0) is 14.0. The largest absolute Gasteiger partial charge is 0.437 e. The van der Waals surface area contributed by atoms with Crippen molar-refractivity contribution in [3.63, 3.8) is 0 Å². The third-order valence-electron chi connectivity index (χ3n) is 2.96. The summed E-state index contributed by atoms with van der Waals surface area (Å²) in [6.07, 6.45) is 0. The molecule has 0 aliphatic carbocycles. The standard InChI is InChI=1S/C16H20N2O/c1-11-5-10-14(17)15(18-11)19-13-8-6-12(7-9-13)16(2,3)4/h5-10H,17H2,1-4H3. The van der Waals surface area contributed by atoms with Crippen molar-refractivity contribution in [2.24, 2.45) is 0 Å². The van der Waals surface area contributed by atoms with Crippen molar-refractivity contribution in [3.8, 4) is 11.6 Å². The zero-order valence-corrected chi connectivity index (χ0v) is 11.9. The number of pyridine rings is 1. The molecule has 2 rings (SSSR count). The van der Waals surface area contributed by atoms with Gasteiger partial charge in [0, 0.05) is 5.69 Å². The van der Waals surface area contributed by atoms with Crippen molar-refractivity contribution in [2.45, 2.75) is 33.1 Å². The molecule has 1 aromatic carbocycles. The molecule has 0 aliphatic rings. The first kappa shape index (κ1) is 13.4. The Kier molecular flexibility index (Phi) is 3.47. The van der Waals surface area contributed by atoms with Gasteiger partial charge in [0.25, 0.3) is 0 Å². The average Bonchev–Trinajstić information content (AvgIpc) is 2.33. The smallest absolute Gasteiger partial charge is 0.242 e. The third kappa shape index (κ3) is 3.25. The Morgan fingerprint density at radius 3 is 2.21 bits per heavy atom. The van der Waals surface area contributed by atoms with Gasteiger partial charge in [0.05, 0.1) is 5.69 Å². The van der Waals surface area contributed by atoms with Crippen LogP contribution in [0.1, 0.15) is 32.0 Å². The molecule has 2 aromatic rings. The maximum atomic E-state index is 5.85.